The van der Waals surface area contributed by atoms with Crippen LogP contribution >= 0.6 is 69.6 Å². The van der Waals surface area contributed by atoms with E-state index in [-0.39, 0.29) is 21.8 Å². The molecule has 0 spiro atoms. The number of rotatable bonds is 15. The van der Waals surface area contributed by atoms with Crippen molar-refractivity contribution in [2.24, 2.45) is 5.84 Å². The van der Waals surface area contributed by atoms with Crippen molar-refractivity contribution in [3.8, 4) is 17.2 Å². The van der Waals surface area contributed by atoms with Gasteiger partial charge in [-0.05, 0) is 141 Å². The maximum Gasteiger partial charge on any atom is 0.244 e. The molecule has 0 atom stereocenters. The maximum absolute atomic E-state index is 6.30. The van der Waals surface area contributed by atoms with Crippen LogP contribution in [-0.4, -0.2) is 114 Å². The molecule has 4 aliphatic rings. The van der Waals surface area contributed by atoms with Crippen LogP contribution in [0.15, 0.2) is 54.6 Å². The number of ether oxygens (including phenoxy) is 3. The molecule has 10 rings (SSSR count). The van der Waals surface area contributed by atoms with Gasteiger partial charge in [0.2, 0.25) is 51.5 Å². The van der Waals surface area contributed by atoms with Crippen LogP contribution in [0.2, 0.25) is 30.9 Å². The summed E-state index contributed by atoms with van der Waals surface area (Å²) in [6.45, 7) is 4.18. The number of nitrogens with two attached hydrogens (primary N) is 1. The highest BCUT2D eigenvalue weighted by atomic mass is 35.5. The van der Waals surface area contributed by atoms with E-state index in [0.717, 1.165) is 63.2 Å². The molecule has 8 N–H and O–H groups in total. The zero-order valence-electron chi connectivity index (χ0n) is 47.3. The lowest BCUT2D eigenvalue weighted by Gasteiger charge is -2.22. The van der Waals surface area contributed by atoms with Gasteiger partial charge < -0.3 is 40.8 Å². The van der Waals surface area contributed by atoms with E-state index in [1.165, 1.54) is 103 Å². The second kappa shape index (κ2) is 35.1. The monoisotopic (exact) mass is 1260 g/mol. The van der Waals surface area contributed by atoms with Crippen molar-refractivity contribution in [1.82, 2.24) is 54.9 Å². The third-order valence-electron chi connectivity index (χ3n) is 13.9. The Morgan fingerprint density at radius 3 is 1.10 bits per heavy atom. The second-order valence-electron chi connectivity index (χ2n) is 20.3. The van der Waals surface area contributed by atoms with Crippen molar-refractivity contribution in [3.63, 3.8) is 0 Å². The Balaban J connectivity index is 0.000000173. The molecule has 21 nitrogen and oxygen atoms in total. The van der Waals surface area contributed by atoms with E-state index in [1.54, 1.807) is 51.7 Å². The van der Waals surface area contributed by atoms with Crippen LogP contribution in [0.3, 0.4) is 0 Å². The van der Waals surface area contributed by atoms with Crippen molar-refractivity contribution >= 4 is 122 Å². The number of anilines is 9. The summed E-state index contributed by atoms with van der Waals surface area (Å²) in [6.07, 6.45) is 24.9. The third kappa shape index (κ3) is 23.1. The van der Waals surface area contributed by atoms with E-state index in [1.807, 2.05) is 29.3 Å². The fourth-order valence-corrected chi connectivity index (χ4v) is 10.9. The molecule has 0 unspecified atom stereocenters. The molecule has 3 aromatic heterocycles. The van der Waals surface area contributed by atoms with Crippen LogP contribution in [0.25, 0.3) is 0 Å². The van der Waals surface area contributed by atoms with Crippen LogP contribution in [0.1, 0.15) is 128 Å². The normalized spacial score (nSPS) is 16.4. The highest BCUT2D eigenvalue weighted by Crippen LogP contribution is 2.32. The predicted molar refractivity (Wildman–Crippen MR) is 336 cm³/mol. The molecule has 0 radical (unpaired) electrons. The molecular formula is C56H76Cl6N18O3. The molecule has 450 valence electrons. The first kappa shape index (κ1) is 65.1. The van der Waals surface area contributed by atoms with E-state index in [4.69, 9.17) is 94.6 Å². The molecule has 5 heterocycles. The molecule has 6 aromatic rings. The summed E-state index contributed by atoms with van der Waals surface area (Å²) in [5, 5.41) is 22.0. The summed E-state index contributed by atoms with van der Waals surface area (Å²) < 4.78 is 15.4. The Morgan fingerprint density at radius 2 is 0.699 bits per heavy atom. The summed E-state index contributed by atoms with van der Waals surface area (Å²) in [5.74, 6) is 10.1. The van der Waals surface area contributed by atoms with Gasteiger partial charge in [0.05, 0.1) is 36.4 Å². The highest BCUT2D eigenvalue weighted by Gasteiger charge is 2.19. The first-order valence-corrected chi connectivity index (χ1v) is 30.7. The van der Waals surface area contributed by atoms with E-state index in [9.17, 15) is 0 Å². The minimum absolute atomic E-state index is 0.0112. The van der Waals surface area contributed by atoms with Crippen LogP contribution in [0, 0.1) is 0 Å². The minimum atomic E-state index is 0.0112. The molecule has 0 bridgehead atoms. The first-order valence-electron chi connectivity index (χ1n) is 28.4. The second-order valence-corrected chi connectivity index (χ2v) is 22.5. The van der Waals surface area contributed by atoms with Crippen molar-refractivity contribution in [2.45, 2.75) is 141 Å². The Hall–Kier alpha value is -5.49. The first-order chi connectivity index (χ1) is 40.3. The zero-order valence-corrected chi connectivity index (χ0v) is 51.8. The van der Waals surface area contributed by atoms with Gasteiger partial charge in [0.1, 0.15) is 17.2 Å². The minimum Gasteiger partial charge on any atom is -0.495 e. The topological polar surface area (TPSA) is 248 Å². The Bertz CT molecular complexity index is 2850. The Labute approximate surface area is 517 Å². The summed E-state index contributed by atoms with van der Waals surface area (Å²) in [7, 11) is 4.72. The molecule has 4 fully saturated rings. The molecular weight excluding hydrogens is 1190 g/mol. The standard InChI is InChI=1S/C23H34ClN7O.C17H21Cl2N5O.C10H7Cl3N4O.C6H14N2/c1-32-20-13-12-18(16-19(20)24)26-22-27-21(25-17-10-6-2-3-7-11-17)28-23(29-22)30-31-14-8-4-5-9-15-31;1-25-14-9-8-12(10-13(14)18)21-17-23-15(19)22-16(24-17)20-11-6-4-2-3-5-7-11;1-18-7-3-2-5(4-6(7)11)14-10-16-8(12)15-9(13)17-10;7-8-5-3-1-2-4-6-8/h12-13,16-17H,2-11,14-15H2,1H3,(H3,25,26,27,28,29,30);8-11H,2-7H2,1H3,(H2,20,21,22,23,24);2-4H,1H3,(H,14,15,16,17);1-7H2. The largest absolute Gasteiger partial charge is 0.495 e. The Morgan fingerprint density at radius 1 is 0.386 bits per heavy atom. The van der Waals surface area contributed by atoms with E-state index in [2.05, 4.69) is 76.9 Å². The van der Waals surface area contributed by atoms with Gasteiger partial charge in [-0.2, -0.15) is 44.9 Å². The van der Waals surface area contributed by atoms with Crippen molar-refractivity contribution in [1.29, 1.82) is 0 Å². The number of hydrogen-bond donors (Lipinski definition) is 7. The van der Waals surface area contributed by atoms with Gasteiger partial charge in [-0.1, -0.05) is 112 Å². The highest BCUT2D eigenvalue weighted by molar-refractivity contribution is 6.33. The average molecular weight is 1260 g/mol. The lowest BCUT2D eigenvalue weighted by molar-refractivity contribution is 0.296. The number of halogens is 6. The van der Waals surface area contributed by atoms with Gasteiger partial charge >= 0.3 is 0 Å². The van der Waals surface area contributed by atoms with Gasteiger partial charge in [-0.25, -0.2) is 10.0 Å². The fourth-order valence-electron chi connectivity index (χ4n) is 9.65. The van der Waals surface area contributed by atoms with Gasteiger partial charge in [-0.3, -0.25) is 11.3 Å². The number of aromatic nitrogens is 9. The van der Waals surface area contributed by atoms with Crippen LogP contribution < -0.4 is 52.1 Å². The van der Waals surface area contributed by atoms with E-state index < -0.39 is 0 Å². The van der Waals surface area contributed by atoms with Gasteiger partial charge in [0.25, 0.3) is 0 Å². The molecule has 27 heteroatoms. The number of hydrazine groups is 2. The number of methoxy groups -OCH3 is 3. The summed E-state index contributed by atoms with van der Waals surface area (Å²) >= 11 is 35.8. The zero-order chi connectivity index (χ0) is 58.8. The predicted octanol–water partition coefficient (Wildman–Crippen LogP) is 15.0. The van der Waals surface area contributed by atoms with Crippen molar-refractivity contribution < 1.29 is 14.2 Å². The van der Waals surface area contributed by atoms with Crippen molar-refractivity contribution in [2.75, 3.05) is 79.5 Å². The maximum atomic E-state index is 6.30. The van der Waals surface area contributed by atoms with E-state index in [0.29, 0.717) is 79.8 Å². The number of hydrogen-bond acceptors (Lipinski definition) is 21. The lowest BCUT2D eigenvalue weighted by atomic mass is 10.1. The van der Waals surface area contributed by atoms with Gasteiger partial charge in [-0.15, -0.1) is 0 Å². The van der Waals surface area contributed by atoms with Crippen LogP contribution in [0.4, 0.5) is 52.8 Å². The van der Waals surface area contributed by atoms with Crippen LogP contribution in [-0.2, 0) is 0 Å². The molecule has 2 aliphatic heterocycles. The molecule has 2 aliphatic carbocycles. The van der Waals surface area contributed by atoms with E-state index >= 15 is 0 Å². The molecule has 83 heavy (non-hydrogen) atoms. The summed E-state index contributed by atoms with van der Waals surface area (Å²) in [5.41, 5.74) is 5.63. The summed E-state index contributed by atoms with van der Waals surface area (Å²) in [6, 6.07) is 16.8. The number of benzene rings is 3. The molecule has 0 amide bonds. The van der Waals surface area contributed by atoms with Crippen LogP contribution in [0.5, 0.6) is 17.2 Å². The quantitative estimate of drug-likeness (QED) is 0.0373. The molecule has 2 saturated carbocycles. The number of nitrogens with zero attached hydrogens (tertiary/aromatic N) is 11. The van der Waals surface area contributed by atoms with Gasteiger partial charge in [0, 0.05) is 55.3 Å². The third-order valence-corrected chi connectivity index (χ3v) is 15.3. The van der Waals surface area contributed by atoms with Gasteiger partial charge in [0.15, 0.2) is 0 Å². The van der Waals surface area contributed by atoms with Crippen molar-refractivity contribution in [3.05, 3.63) is 85.5 Å². The number of nitrogens with one attached hydrogen (secondary N) is 6. The molecule has 2 saturated heterocycles. The lowest BCUT2D eigenvalue weighted by Crippen LogP contribution is -2.32. The fraction of sp³-hybridized carbons (Fsp3) is 0.518. The Kier molecular flexibility index (Phi) is 27.5. The smallest absolute Gasteiger partial charge is 0.244 e. The SMILES string of the molecule is COc1ccc(Nc2nc(Cl)nc(Cl)n2)cc1Cl.COc1ccc(Nc2nc(Cl)nc(NC3CCCCCC3)n2)cc1Cl.COc1ccc(Nc2nc(NC3CCCCCC3)nc(NN3CCCCCC3)n2)cc1Cl.NN1CCCCCC1. The average Bonchev–Trinajstić information content (AvgIpc) is 4.08. The molecule has 3 aromatic carbocycles. The summed E-state index contributed by atoms with van der Waals surface area (Å²) in [4.78, 5) is 38.1.